The summed E-state index contributed by atoms with van der Waals surface area (Å²) in [6, 6.07) is 7.15. The molecule has 0 saturated carbocycles. The van der Waals surface area contributed by atoms with Crippen LogP contribution < -0.4 is 5.32 Å². The molecule has 0 aliphatic heterocycles. The summed E-state index contributed by atoms with van der Waals surface area (Å²) < 4.78 is 4.43. The summed E-state index contributed by atoms with van der Waals surface area (Å²) in [5.41, 5.74) is 1.69. The minimum absolute atomic E-state index is 0.371. The van der Waals surface area contributed by atoms with Crippen LogP contribution in [-0.2, 0) is 16.1 Å². The zero-order valence-electron chi connectivity index (χ0n) is 9.34. The first-order valence-electron chi connectivity index (χ1n) is 4.93. The van der Waals surface area contributed by atoms with Crippen molar-refractivity contribution in [2.75, 3.05) is 7.11 Å². The van der Waals surface area contributed by atoms with Gasteiger partial charge in [0.15, 0.2) is 0 Å². The quantitative estimate of drug-likeness (QED) is 0.778. The summed E-state index contributed by atoms with van der Waals surface area (Å²) in [7, 11) is 1.30. The Hall–Kier alpha value is -2.30. The Kier molecular flexibility index (Phi) is 4.75. The molecule has 0 saturated heterocycles. The average Bonchev–Trinajstić information content (AvgIpc) is 2.34. The van der Waals surface area contributed by atoms with Crippen molar-refractivity contribution in [1.82, 2.24) is 5.32 Å². The lowest BCUT2D eigenvalue weighted by molar-refractivity contribution is -0.131. The topological polar surface area (TPSA) is 75.6 Å². The minimum atomic E-state index is -0.985. The van der Waals surface area contributed by atoms with Crippen molar-refractivity contribution >= 4 is 18.1 Å². The Morgan fingerprint density at radius 1 is 1.35 bits per heavy atom. The molecule has 0 aromatic heterocycles. The van der Waals surface area contributed by atoms with Crippen molar-refractivity contribution in [2.45, 2.75) is 6.54 Å². The molecule has 0 aliphatic rings. The third-order valence-corrected chi connectivity index (χ3v) is 2.02. The first-order valence-corrected chi connectivity index (χ1v) is 4.93. The monoisotopic (exact) mass is 235 g/mol. The van der Waals surface area contributed by atoms with E-state index >= 15 is 0 Å². The van der Waals surface area contributed by atoms with E-state index in [9.17, 15) is 9.59 Å². The highest BCUT2D eigenvalue weighted by Crippen LogP contribution is 2.06. The number of benzene rings is 1. The molecule has 90 valence electrons. The van der Waals surface area contributed by atoms with Gasteiger partial charge in [0, 0.05) is 12.6 Å². The molecule has 5 nitrogen and oxygen atoms in total. The largest absolute Gasteiger partial charge is 0.478 e. The van der Waals surface area contributed by atoms with Gasteiger partial charge < -0.3 is 15.2 Å². The van der Waals surface area contributed by atoms with Crippen LogP contribution in [0, 0.1) is 0 Å². The SMILES string of the molecule is COC(=O)NCc1ccc(C=CC(=O)O)cc1. The Morgan fingerprint density at radius 2 is 2.00 bits per heavy atom. The van der Waals surface area contributed by atoms with E-state index in [2.05, 4.69) is 10.1 Å². The number of amides is 1. The number of aliphatic carboxylic acids is 1. The van der Waals surface area contributed by atoms with Gasteiger partial charge in [0.25, 0.3) is 0 Å². The number of nitrogens with one attached hydrogen (secondary N) is 1. The Labute approximate surface area is 98.7 Å². The van der Waals surface area contributed by atoms with Crippen LogP contribution in [0.15, 0.2) is 30.3 Å². The minimum Gasteiger partial charge on any atom is -0.478 e. The molecule has 17 heavy (non-hydrogen) atoms. The number of rotatable bonds is 4. The lowest BCUT2D eigenvalue weighted by atomic mass is 10.1. The number of carbonyl (C=O) groups excluding carboxylic acids is 1. The van der Waals surface area contributed by atoms with Crippen molar-refractivity contribution in [3.05, 3.63) is 41.5 Å². The second-order valence-corrected chi connectivity index (χ2v) is 3.26. The molecule has 0 atom stereocenters. The highest BCUT2D eigenvalue weighted by atomic mass is 16.5. The van der Waals surface area contributed by atoms with Gasteiger partial charge in [0.1, 0.15) is 0 Å². The maximum absolute atomic E-state index is 10.8. The summed E-state index contributed by atoms with van der Waals surface area (Å²) in [5.74, 6) is -0.985. The fraction of sp³-hybridized carbons (Fsp3) is 0.167. The Morgan fingerprint density at radius 3 is 2.53 bits per heavy atom. The molecule has 0 fully saturated rings. The smallest absolute Gasteiger partial charge is 0.407 e. The normalized spacial score (nSPS) is 10.2. The van der Waals surface area contributed by atoms with Gasteiger partial charge in [-0.3, -0.25) is 0 Å². The van der Waals surface area contributed by atoms with E-state index in [1.807, 2.05) is 0 Å². The third-order valence-electron chi connectivity index (χ3n) is 2.02. The number of carboxylic acid groups (broad SMARTS) is 1. The second-order valence-electron chi connectivity index (χ2n) is 3.26. The van der Waals surface area contributed by atoms with Crippen LogP contribution in [0.4, 0.5) is 4.79 Å². The van der Waals surface area contributed by atoms with E-state index in [-0.39, 0.29) is 0 Å². The highest BCUT2D eigenvalue weighted by molar-refractivity contribution is 5.85. The van der Waals surface area contributed by atoms with Crippen molar-refractivity contribution in [3.63, 3.8) is 0 Å². The van der Waals surface area contributed by atoms with Crippen molar-refractivity contribution < 1.29 is 19.4 Å². The maximum Gasteiger partial charge on any atom is 0.407 e. The van der Waals surface area contributed by atoms with Gasteiger partial charge in [0.2, 0.25) is 0 Å². The molecular weight excluding hydrogens is 222 g/mol. The fourth-order valence-electron chi connectivity index (χ4n) is 1.16. The van der Waals surface area contributed by atoms with Crippen molar-refractivity contribution in [1.29, 1.82) is 0 Å². The lowest BCUT2D eigenvalue weighted by Gasteiger charge is -2.03. The van der Waals surface area contributed by atoms with E-state index in [4.69, 9.17) is 5.11 Å². The van der Waals surface area contributed by atoms with E-state index in [0.717, 1.165) is 17.2 Å². The van der Waals surface area contributed by atoms with Gasteiger partial charge in [-0.1, -0.05) is 24.3 Å². The molecule has 0 heterocycles. The van der Waals surface area contributed by atoms with Crippen LogP contribution in [0.2, 0.25) is 0 Å². The summed E-state index contributed by atoms with van der Waals surface area (Å²) in [6.45, 7) is 0.371. The highest BCUT2D eigenvalue weighted by Gasteiger charge is 1.98. The summed E-state index contributed by atoms with van der Waals surface area (Å²) in [5, 5.41) is 11.0. The molecule has 0 bridgehead atoms. The number of hydrogen-bond acceptors (Lipinski definition) is 3. The van der Waals surface area contributed by atoms with Gasteiger partial charge in [-0.2, -0.15) is 0 Å². The van der Waals surface area contributed by atoms with Crippen LogP contribution in [0.25, 0.3) is 6.08 Å². The molecule has 2 N–H and O–H groups in total. The molecule has 0 radical (unpaired) electrons. The third kappa shape index (κ3) is 4.83. The average molecular weight is 235 g/mol. The van der Waals surface area contributed by atoms with Crippen LogP contribution in [0.3, 0.4) is 0 Å². The van der Waals surface area contributed by atoms with Crippen LogP contribution in [0.1, 0.15) is 11.1 Å². The zero-order valence-corrected chi connectivity index (χ0v) is 9.34. The molecule has 0 spiro atoms. The predicted molar refractivity (Wildman–Crippen MR) is 62.4 cm³/mol. The number of carboxylic acids is 1. The van der Waals surface area contributed by atoms with E-state index in [1.165, 1.54) is 13.2 Å². The molecule has 1 rings (SSSR count). The maximum atomic E-state index is 10.8. The van der Waals surface area contributed by atoms with Gasteiger partial charge in [-0.25, -0.2) is 9.59 Å². The molecule has 0 unspecified atom stereocenters. The van der Waals surface area contributed by atoms with Gasteiger partial charge in [-0.15, -0.1) is 0 Å². The number of hydrogen-bond donors (Lipinski definition) is 2. The van der Waals surface area contributed by atoms with Crippen LogP contribution >= 0.6 is 0 Å². The summed E-state index contributed by atoms with van der Waals surface area (Å²) >= 11 is 0. The second kappa shape index (κ2) is 6.32. The molecule has 1 amide bonds. The molecular formula is C12H13NO4. The van der Waals surface area contributed by atoms with Gasteiger partial charge >= 0.3 is 12.1 Å². The predicted octanol–water partition coefficient (Wildman–Crippen LogP) is 1.64. The standard InChI is InChI=1S/C12H13NO4/c1-17-12(16)13-8-10-4-2-9(3-5-10)6-7-11(14)15/h2-7H,8H2,1H3,(H,13,16)(H,14,15). The zero-order chi connectivity index (χ0) is 12.7. The van der Waals surface area contributed by atoms with Gasteiger partial charge in [-0.05, 0) is 17.2 Å². The van der Waals surface area contributed by atoms with Crippen LogP contribution in [0.5, 0.6) is 0 Å². The first-order chi connectivity index (χ1) is 8.11. The summed E-state index contributed by atoms with van der Waals surface area (Å²) in [6.07, 6.45) is 2.08. The number of ether oxygens (including phenoxy) is 1. The van der Waals surface area contributed by atoms with Crippen LogP contribution in [-0.4, -0.2) is 24.3 Å². The Bertz CT molecular complexity index is 423. The fourth-order valence-corrected chi connectivity index (χ4v) is 1.16. The van der Waals surface area contributed by atoms with Crippen molar-refractivity contribution in [3.8, 4) is 0 Å². The lowest BCUT2D eigenvalue weighted by Crippen LogP contribution is -2.22. The molecule has 5 heteroatoms. The number of methoxy groups -OCH3 is 1. The number of alkyl carbamates (subject to hydrolysis) is 1. The van der Waals surface area contributed by atoms with Crippen molar-refractivity contribution in [2.24, 2.45) is 0 Å². The van der Waals surface area contributed by atoms with E-state index in [0.29, 0.717) is 6.54 Å². The molecule has 0 aliphatic carbocycles. The Balaban J connectivity index is 2.56. The van der Waals surface area contributed by atoms with Gasteiger partial charge in [0.05, 0.1) is 7.11 Å². The summed E-state index contributed by atoms with van der Waals surface area (Å²) in [4.78, 5) is 21.1. The van der Waals surface area contributed by atoms with E-state index in [1.54, 1.807) is 24.3 Å². The first kappa shape index (κ1) is 12.8. The van der Waals surface area contributed by atoms with E-state index < -0.39 is 12.1 Å². The molecule has 1 aromatic carbocycles. The molecule has 1 aromatic rings. The number of carbonyl (C=O) groups is 2.